The number of imidazole rings is 1. The molecule has 2 N–H and O–H groups in total. The fourth-order valence-corrected chi connectivity index (χ4v) is 3.63. The maximum atomic E-state index is 14.1. The van der Waals surface area contributed by atoms with Crippen molar-refractivity contribution < 1.29 is 22.8 Å². The number of nitrogens with one attached hydrogen (secondary N) is 2. The molecule has 3 heterocycles. The van der Waals surface area contributed by atoms with E-state index in [4.69, 9.17) is 23.2 Å². The van der Waals surface area contributed by atoms with Crippen LogP contribution in [-0.4, -0.2) is 32.5 Å². The molecule has 1 aliphatic heterocycles. The fourth-order valence-electron chi connectivity index (χ4n) is 2.78. The highest BCUT2D eigenvalue weighted by atomic mass is 35.5. The molecule has 0 radical (unpaired) electrons. The molecule has 1 aromatic carbocycles. The van der Waals surface area contributed by atoms with Crippen molar-refractivity contribution in [2.45, 2.75) is 11.8 Å². The van der Waals surface area contributed by atoms with E-state index in [9.17, 15) is 22.8 Å². The lowest BCUT2D eigenvalue weighted by Crippen LogP contribution is -2.63. The van der Waals surface area contributed by atoms with Gasteiger partial charge in [-0.05, 0) is 12.1 Å². The van der Waals surface area contributed by atoms with Gasteiger partial charge < -0.3 is 5.32 Å². The van der Waals surface area contributed by atoms with E-state index in [1.54, 1.807) is 5.32 Å². The molecule has 2 amide bonds. The largest absolute Gasteiger partial charge is 0.440 e. The lowest BCUT2D eigenvalue weighted by molar-refractivity contribution is -0.213. The van der Waals surface area contributed by atoms with E-state index in [2.05, 4.69) is 9.97 Å². The van der Waals surface area contributed by atoms with Gasteiger partial charge in [0.25, 0.3) is 17.5 Å². The van der Waals surface area contributed by atoms with Gasteiger partial charge in [0.05, 0.1) is 26.6 Å². The van der Waals surface area contributed by atoms with E-state index < -0.39 is 29.6 Å². The molecule has 0 saturated carbocycles. The van der Waals surface area contributed by atoms with Gasteiger partial charge in [-0.2, -0.15) is 13.2 Å². The number of carbonyl (C=O) groups excluding carboxylic acids is 2. The van der Waals surface area contributed by atoms with E-state index in [0.29, 0.717) is 4.57 Å². The van der Waals surface area contributed by atoms with Crippen molar-refractivity contribution in [1.82, 2.24) is 19.9 Å². The average Bonchev–Trinajstić information content (AvgIpc) is 3.25. The van der Waals surface area contributed by atoms with Crippen LogP contribution < -0.4 is 10.6 Å². The van der Waals surface area contributed by atoms with Crippen LogP contribution in [0.4, 0.5) is 19.1 Å². The van der Waals surface area contributed by atoms with Crippen molar-refractivity contribution in [3.05, 3.63) is 38.8 Å². The van der Waals surface area contributed by atoms with Crippen molar-refractivity contribution in [2.24, 2.45) is 0 Å². The number of carbonyl (C=O) groups is 2. The van der Waals surface area contributed by atoms with Crippen LogP contribution in [0.5, 0.6) is 0 Å². The molecule has 0 fully saturated rings. The molecule has 13 heteroatoms. The van der Waals surface area contributed by atoms with Gasteiger partial charge in [0.15, 0.2) is 0 Å². The Kier molecular flexibility index (Phi) is 3.88. The molecule has 1 aliphatic rings. The average molecular weight is 436 g/mol. The first kappa shape index (κ1) is 18.0. The van der Waals surface area contributed by atoms with E-state index in [-0.39, 0.29) is 26.8 Å². The number of alkyl halides is 3. The van der Waals surface area contributed by atoms with Crippen molar-refractivity contribution in [2.75, 3.05) is 5.32 Å². The smallest absolute Gasteiger partial charge is 0.312 e. The number of hydrogen-bond donors (Lipinski definition) is 2. The van der Waals surface area contributed by atoms with Gasteiger partial charge in [-0.25, -0.2) is 9.97 Å². The monoisotopic (exact) mass is 435 g/mol. The summed E-state index contributed by atoms with van der Waals surface area (Å²) >= 11 is 12.8. The van der Waals surface area contributed by atoms with Crippen LogP contribution in [0.3, 0.4) is 0 Å². The summed E-state index contributed by atoms with van der Waals surface area (Å²) in [4.78, 5) is 32.3. The van der Waals surface area contributed by atoms with E-state index >= 15 is 0 Å². The topological polar surface area (TPSA) is 88.9 Å². The molecule has 3 aromatic rings. The molecule has 1 atom stereocenters. The molecule has 0 aliphatic carbocycles. The Balaban J connectivity index is 1.97. The summed E-state index contributed by atoms with van der Waals surface area (Å²) in [6.45, 7) is 0. The molecule has 0 saturated heterocycles. The summed E-state index contributed by atoms with van der Waals surface area (Å²) in [6.07, 6.45) is -5.20. The number of thiazole rings is 1. The first-order valence-electron chi connectivity index (χ1n) is 7.12. The molecule has 1 unspecified atom stereocenters. The highest BCUT2D eigenvalue weighted by molar-refractivity contribution is 7.07. The van der Waals surface area contributed by atoms with Crippen molar-refractivity contribution in [3.63, 3.8) is 0 Å². The quantitative estimate of drug-likeness (QED) is 0.645. The number of amides is 2. The number of anilines is 1. The van der Waals surface area contributed by atoms with Gasteiger partial charge in [-0.15, -0.1) is 11.3 Å². The number of halogens is 5. The molecular formula is C14H6Cl2F3N5O2S. The van der Waals surface area contributed by atoms with E-state index in [1.807, 2.05) is 5.32 Å². The molecule has 27 heavy (non-hydrogen) atoms. The van der Waals surface area contributed by atoms with Crippen LogP contribution in [0.15, 0.2) is 23.0 Å². The Bertz CT molecular complexity index is 1100. The predicted molar refractivity (Wildman–Crippen MR) is 92.0 cm³/mol. The first-order valence-corrected chi connectivity index (χ1v) is 8.82. The second-order valence-electron chi connectivity index (χ2n) is 5.52. The Hall–Kier alpha value is -2.37. The Morgan fingerprint density at radius 3 is 2.63 bits per heavy atom. The molecule has 7 nitrogen and oxygen atoms in total. The van der Waals surface area contributed by atoms with Crippen molar-refractivity contribution in [3.8, 4) is 0 Å². The SMILES string of the molecule is O=C(NC1(C(F)(F)F)C(=O)Nc2nc3cc(Cl)c(Cl)cc3n21)c1cscn1. The minimum atomic E-state index is -5.20. The number of hydrogen-bond acceptors (Lipinski definition) is 5. The number of benzene rings is 1. The van der Waals surface area contributed by atoms with Gasteiger partial charge in [0.1, 0.15) is 5.69 Å². The zero-order valence-electron chi connectivity index (χ0n) is 12.8. The lowest BCUT2D eigenvalue weighted by atomic mass is 10.1. The fraction of sp³-hybridized carbons (Fsp3) is 0.143. The van der Waals surface area contributed by atoms with Gasteiger partial charge in [-0.1, -0.05) is 23.2 Å². The second-order valence-corrected chi connectivity index (χ2v) is 7.05. The summed E-state index contributed by atoms with van der Waals surface area (Å²) in [6, 6.07) is 2.41. The maximum Gasteiger partial charge on any atom is 0.440 e. The zero-order valence-corrected chi connectivity index (χ0v) is 15.1. The Labute approximate surface area is 162 Å². The molecule has 2 aromatic heterocycles. The van der Waals surface area contributed by atoms with E-state index in [0.717, 1.165) is 17.4 Å². The van der Waals surface area contributed by atoms with Gasteiger partial charge in [-0.3, -0.25) is 19.5 Å². The third-order valence-corrected chi connectivity index (χ3v) is 5.26. The van der Waals surface area contributed by atoms with Crippen molar-refractivity contribution in [1.29, 1.82) is 0 Å². The Morgan fingerprint density at radius 1 is 1.30 bits per heavy atom. The van der Waals surface area contributed by atoms with E-state index in [1.165, 1.54) is 17.0 Å². The normalized spacial score (nSPS) is 19.2. The summed E-state index contributed by atoms with van der Waals surface area (Å²) in [5.74, 6) is -3.07. The Morgan fingerprint density at radius 2 is 2.00 bits per heavy atom. The summed E-state index contributed by atoms with van der Waals surface area (Å²) < 4.78 is 42.9. The lowest BCUT2D eigenvalue weighted by Gasteiger charge is -2.31. The standard InChI is InChI=1S/C14H6Cl2F3N5O2S/c15-5-1-7-9(2-6(5)16)24-12(21-7)22-11(26)13(24,14(17,18)19)23-10(25)8-3-27-4-20-8/h1-4H,(H,23,25)(H,21,22,26). The highest BCUT2D eigenvalue weighted by Crippen LogP contribution is 2.45. The molecule has 0 spiro atoms. The number of rotatable bonds is 2. The van der Waals surface area contributed by atoms with Crippen LogP contribution >= 0.6 is 34.5 Å². The minimum absolute atomic E-state index is 0.0342. The third-order valence-electron chi connectivity index (χ3n) is 3.96. The molecular weight excluding hydrogens is 430 g/mol. The van der Waals surface area contributed by atoms with Crippen LogP contribution in [0.2, 0.25) is 10.0 Å². The number of nitrogens with zero attached hydrogens (tertiary/aromatic N) is 3. The zero-order chi connectivity index (χ0) is 19.6. The summed E-state index contributed by atoms with van der Waals surface area (Å²) in [5, 5.41) is 5.12. The number of fused-ring (bicyclic) bond motifs is 3. The van der Waals surface area contributed by atoms with Crippen LogP contribution in [0.1, 0.15) is 10.5 Å². The van der Waals surface area contributed by atoms with Crippen LogP contribution in [0, 0.1) is 0 Å². The van der Waals surface area contributed by atoms with Crippen LogP contribution in [-0.2, 0) is 10.5 Å². The van der Waals surface area contributed by atoms with Crippen molar-refractivity contribution >= 4 is 63.3 Å². The first-order chi connectivity index (χ1) is 12.6. The maximum absolute atomic E-state index is 14.1. The highest BCUT2D eigenvalue weighted by Gasteiger charge is 2.67. The third kappa shape index (κ3) is 2.49. The van der Waals surface area contributed by atoms with Gasteiger partial charge in [0, 0.05) is 5.38 Å². The summed E-state index contributed by atoms with van der Waals surface area (Å²) in [7, 11) is 0. The summed E-state index contributed by atoms with van der Waals surface area (Å²) in [5.41, 5.74) is -2.46. The molecule has 140 valence electrons. The number of aromatic nitrogens is 3. The second kappa shape index (κ2) is 5.81. The van der Waals surface area contributed by atoms with Gasteiger partial charge >= 0.3 is 6.18 Å². The van der Waals surface area contributed by atoms with Gasteiger partial charge in [0.2, 0.25) is 5.95 Å². The molecule has 0 bridgehead atoms. The van der Waals surface area contributed by atoms with Crippen LogP contribution in [0.25, 0.3) is 11.0 Å². The predicted octanol–water partition coefficient (Wildman–Crippen LogP) is 3.40. The minimum Gasteiger partial charge on any atom is -0.312 e. The molecule has 4 rings (SSSR count).